The molecule has 2 aliphatic heterocycles. The fourth-order valence-electron chi connectivity index (χ4n) is 3.88. The van der Waals surface area contributed by atoms with Crippen LogP contribution in [0.5, 0.6) is 5.75 Å². The fraction of sp³-hybridized carbons (Fsp3) is 0.619. The Morgan fingerprint density at radius 2 is 1.81 bits per heavy atom. The van der Waals surface area contributed by atoms with Gasteiger partial charge in [-0.3, -0.25) is 14.5 Å². The zero-order valence-corrected chi connectivity index (χ0v) is 16.3. The van der Waals surface area contributed by atoms with E-state index in [2.05, 4.69) is 10.2 Å². The highest BCUT2D eigenvalue weighted by atomic mass is 16.5. The lowest BCUT2D eigenvalue weighted by molar-refractivity contribution is -0.139. The van der Waals surface area contributed by atoms with Crippen LogP contribution in [0.15, 0.2) is 24.3 Å². The molecule has 2 fully saturated rings. The Morgan fingerprint density at radius 3 is 2.48 bits per heavy atom. The largest absolute Gasteiger partial charge is 0.494 e. The molecule has 2 heterocycles. The van der Waals surface area contributed by atoms with E-state index in [0.717, 1.165) is 43.8 Å². The highest BCUT2D eigenvalue weighted by Gasteiger charge is 2.33. The number of ether oxygens (including phenoxy) is 1. The van der Waals surface area contributed by atoms with Gasteiger partial charge in [-0.25, -0.2) is 0 Å². The Hall–Kier alpha value is -2.08. The lowest BCUT2D eigenvalue weighted by Crippen LogP contribution is -2.56. The molecule has 0 radical (unpaired) electrons. The minimum absolute atomic E-state index is 0.0321. The topological polar surface area (TPSA) is 61.9 Å². The first-order chi connectivity index (χ1) is 13.2. The van der Waals surface area contributed by atoms with Crippen molar-refractivity contribution in [3.05, 3.63) is 29.8 Å². The van der Waals surface area contributed by atoms with Gasteiger partial charge in [0.25, 0.3) is 0 Å². The highest BCUT2D eigenvalue weighted by molar-refractivity contribution is 5.88. The highest BCUT2D eigenvalue weighted by Crippen LogP contribution is 2.19. The zero-order valence-electron chi connectivity index (χ0n) is 16.3. The quantitative estimate of drug-likeness (QED) is 0.830. The van der Waals surface area contributed by atoms with E-state index in [1.54, 1.807) is 0 Å². The molecule has 1 N–H and O–H groups in total. The van der Waals surface area contributed by atoms with Gasteiger partial charge in [-0.1, -0.05) is 25.0 Å². The molecule has 2 amide bonds. The number of hydrogen-bond donors (Lipinski definition) is 1. The average molecular weight is 373 g/mol. The van der Waals surface area contributed by atoms with Crippen molar-refractivity contribution in [1.82, 2.24) is 15.1 Å². The lowest BCUT2D eigenvalue weighted by atomic mass is 10.1. The summed E-state index contributed by atoms with van der Waals surface area (Å²) in [6.07, 6.45) is 4.79. The van der Waals surface area contributed by atoms with Gasteiger partial charge in [0.1, 0.15) is 5.75 Å². The number of hydrogen-bond acceptors (Lipinski definition) is 4. The van der Waals surface area contributed by atoms with E-state index in [9.17, 15) is 9.59 Å². The summed E-state index contributed by atoms with van der Waals surface area (Å²) < 4.78 is 5.49. The van der Waals surface area contributed by atoms with E-state index in [-0.39, 0.29) is 24.3 Å². The van der Waals surface area contributed by atoms with Crippen molar-refractivity contribution in [2.45, 2.75) is 51.6 Å². The molecule has 0 saturated carbocycles. The van der Waals surface area contributed by atoms with Gasteiger partial charge in [0, 0.05) is 32.7 Å². The predicted molar refractivity (Wildman–Crippen MR) is 104 cm³/mol. The standard InChI is InChI=1S/C21H31N3O3/c1-2-27-18-9-7-17(8-10-18)16-24-14-11-22-21(26)19(24)15-20(25)23-12-5-3-4-6-13-23/h7-10,19H,2-6,11-16H2,1H3,(H,22,26). The number of carbonyl (C=O) groups excluding carboxylic acids is 2. The molecule has 1 atom stereocenters. The maximum Gasteiger partial charge on any atom is 0.237 e. The van der Waals surface area contributed by atoms with Crippen molar-refractivity contribution in [2.75, 3.05) is 32.8 Å². The Labute approximate surface area is 161 Å². The Balaban J connectivity index is 1.63. The molecule has 6 nitrogen and oxygen atoms in total. The fourth-order valence-corrected chi connectivity index (χ4v) is 3.88. The first-order valence-electron chi connectivity index (χ1n) is 10.2. The van der Waals surface area contributed by atoms with Gasteiger partial charge in [-0.2, -0.15) is 0 Å². The van der Waals surface area contributed by atoms with Gasteiger partial charge in [0.05, 0.1) is 19.1 Å². The van der Waals surface area contributed by atoms with Crippen LogP contribution in [-0.2, 0) is 16.1 Å². The minimum atomic E-state index is -0.388. The zero-order chi connectivity index (χ0) is 19.1. The van der Waals surface area contributed by atoms with Crippen molar-refractivity contribution < 1.29 is 14.3 Å². The smallest absolute Gasteiger partial charge is 0.237 e. The van der Waals surface area contributed by atoms with Crippen LogP contribution in [-0.4, -0.2) is 60.4 Å². The summed E-state index contributed by atoms with van der Waals surface area (Å²) in [7, 11) is 0. The number of carbonyl (C=O) groups is 2. The molecule has 0 spiro atoms. The molecular weight excluding hydrogens is 342 g/mol. The summed E-state index contributed by atoms with van der Waals surface area (Å²) in [5, 5.41) is 2.92. The third-order valence-electron chi connectivity index (χ3n) is 5.39. The molecule has 3 rings (SSSR count). The van der Waals surface area contributed by atoms with Crippen molar-refractivity contribution in [3.63, 3.8) is 0 Å². The minimum Gasteiger partial charge on any atom is -0.494 e. The first kappa shape index (κ1) is 19.7. The van der Waals surface area contributed by atoms with Gasteiger partial charge >= 0.3 is 0 Å². The molecule has 1 aromatic rings. The third kappa shape index (κ3) is 5.45. The molecule has 1 aromatic carbocycles. The predicted octanol–water partition coefficient (Wildman–Crippen LogP) is 2.18. The molecule has 148 valence electrons. The van der Waals surface area contributed by atoms with Crippen LogP contribution >= 0.6 is 0 Å². The first-order valence-corrected chi connectivity index (χ1v) is 10.2. The van der Waals surface area contributed by atoms with Crippen LogP contribution in [0.3, 0.4) is 0 Å². The van der Waals surface area contributed by atoms with Crippen LogP contribution in [0.1, 0.15) is 44.6 Å². The van der Waals surface area contributed by atoms with Crippen molar-refractivity contribution >= 4 is 11.8 Å². The van der Waals surface area contributed by atoms with Crippen LogP contribution in [0, 0.1) is 0 Å². The molecule has 2 saturated heterocycles. The molecule has 27 heavy (non-hydrogen) atoms. The second kappa shape index (κ2) is 9.74. The SMILES string of the molecule is CCOc1ccc(CN2CCNC(=O)C2CC(=O)N2CCCCCC2)cc1. The summed E-state index contributed by atoms with van der Waals surface area (Å²) in [6, 6.07) is 7.60. The summed E-state index contributed by atoms with van der Waals surface area (Å²) in [6.45, 7) is 6.32. The second-order valence-electron chi connectivity index (χ2n) is 7.35. The van der Waals surface area contributed by atoms with E-state index in [1.807, 2.05) is 36.1 Å². The van der Waals surface area contributed by atoms with Crippen molar-refractivity contribution in [3.8, 4) is 5.75 Å². The monoisotopic (exact) mass is 373 g/mol. The number of benzene rings is 1. The van der Waals surface area contributed by atoms with Gasteiger partial charge < -0.3 is 15.0 Å². The molecule has 6 heteroatoms. The van der Waals surface area contributed by atoms with E-state index >= 15 is 0 Å². The van der Waals surface area contributed by atoms with Crippen LogP contribution in [0.25, 0.3) is 0 Å². The van der Waals surface area contributed by atoms with Crippen molar-refractivity contribution in [1.29, 1.82) is 0 Å². The molecule has 1 unspecified atom stereocenters. The van der Waals surface area contributed by atoms with Crippen molar-refractivity contribution in [2.24, 2.45) is 0 Å². The summed E-state index contributed by atoms with van der Waals surface area (Å²) in [5.74, 6) is 0.927. The summed E-state index contributed by atoms with van der Waals surface area (Å²) in [4.78, 5) is 29.3. The Morgan fingerprint density at radius 1 is 1.11 bits per heavy atom. The van der Waals surface area contributed by atoms with Crippen LogP contribution < -0.4 is 10.1 Å². The molecule has 0 aromatic heterocycles. The van der Waals surface area contributed by atoms with E-state index in [1.165, 1.54) is 12.8 Å². The number of piperazine rings is 1. The molecule has 0 aliphatic carbocycles. The molecule has 0 bridgehead atoms. The molecular formula is C21H31N3O3. The lowest BCUT2D eigenvalue weighted by Gasteiger charge is -2.35. The second-order valence-corrected chi connectivity index (χ2v) is 7.35. The number of amides is 2. The maximum atomic E-state index is 12.8. The summed E-state index contributed by atoms with van der Waals surface area (Å²) in [5.41, 5.74) is 1.13. The van der Waals surface area contributed by atoms with E-state index < -0.39 is 0 Å². The number of nitrogens with zero attached hydrogens (tertiary/aromatic N) is 2. The van der Waals surface area contributed by atoms with E-state index in [4.69, 9.17) is 4.74 Å². The van der Waals surface area contributed by atoms with Gasteiger partial charge in [-0.05, 0) is 37.5 Å². The maximum absolute atomic E-state index is 12.8. The number of rotatable bonds is 6. The van der Waals surface area contributed by atoms with Gasteiger partial charge in [-0.15, -0.1) is 0 Å². The van der Waals surface area contributed by atoms with Crippen LogP contribution in [0.2, 0.25) is 0 Å². The normalized spacial score (nSPS) is 21.4. The number of likely N-dealkylation sites (tertiary alicyclic amines) is 1. The van der Waals surface area contributed by atoms with Gasteiger partial charge in [0.2, 0.25) is 11.8 Å². The number of nitrogens with one attached hydrogen (secondary N) is 1. The van der Waals surface area contributed by atoms with Crippen LogP contribution in [0.4, 0.5) is 0 Å². The Bertz CT molecular complexity index is 624. The van der Waals surface area contributed by atoms with E-state index in [0.29, 0.717) is 19.7 Å². The van der Waals surface area contributed by atoms with Gasteiger partial charge in [0.15, 0.2) is 0 Å². The Kier molecular flexibility index (Phi) is 7.10. The summed E-state index contributed by atoms with van der Waals surface area (Å²) >= 11 is 0. The third-order valence-corrected chi connectivity index (χ3v) is 5.39. The molecule has 2 aliphatic rings. The average Bonchev–Trinajstić information content (AvgIpc) is 2.96.